The van der Waals surface area contributed by atoms with E-state index in [1.165, 1.54) is 0 Å². The number of carbonyl (C=O) groups is 1. The molecule has 8 heavy (non-hydrogen) atoms. The molecule has 1 atom stereocenters. The normalized spacial score (nSPS) is 14.2. The second-order valence-electron chi connectivity index (χ2n) is 1.45. The van der Waals surface area contributed by atoms with E-state index in [9.17, 15) is 4.79 Å². The molecule has 0 aromatic carbocycles. The van der Waals surface area contributed by atoms with Crippen LogP contribution in [-0.2, 0) is 4.79 Å². The predicted octanol–water partition coefficient (Wildman–Crippen LogP) is 1.23. The van der Waals surface area contributed by atoms with Gasteiger partial charge in [-0.3, -0.25) is 0 Å². The van der Waals surface area contributed by atoms with Gasteiger partial charge < -0.3 is 0 Å². The third-order valence-electron chi connectivity index (χ3n) is 0.621. The Labute approximate surface area is 56.3 Å². The molecule has 0 aliphatic carbocycles. The number of carbonyl (C=O) groups excluding carboxylic acids is 1. The van der Waals surface area contributed by atoms with E-state index in [1.54, 1.807) is 0 Å². The predicted molar refractivity (Wildman–Crippen MR) is 36.1 cm³/mol. The van der Waals surface area contributed by atoms with E-state index in [1.807, 2.05) is 19.9 Å². The zero-order chi connectivity index (χ0) is 6.41. The second-order valence-corrected chi connectivity index (χ2v) is 4.15. The van der Waals surface area contributed by atoms with Gasteiger partial charge in [0.2, 0.25) is 0 Å². The molecule has 46 valence electrons. The van der Waals surface area contributed by atoms with Crippen LogP contribution in [0.25, 0.3) is 0 Å². The number of aldehydes is 1. The fourth-order valence-electron chi connectivity index (χ4n) is 0.235. The van der Waals surface area contributed by atoms with Crippen LogP contribution in [0.15, 0.2) is 11.1 Å². The third kappa shape index (κ3) is 4.10. The van der Waals surface area contributed by atoms with Crippen LogP contribution in [0, 0.1) is 0 Å². The minimum absolute atomic E-state index is 0.249. The van der Waals surface area contributed by atoms with Gasteiger partial charge >= 0.3 is 55.8 Å². The molecule has 0 heterocycles. The van der Waals surface area contributed by atoms with Crippen LogP contribution >= 0.6 is 0 Å². The van der Waals surface area contributed by atoms with Gasteiger partial charge in [0, 0.05) is 0 Å². The summed E-state index contributed by atoms with van der Waals surface area (Å²) in [5, 5.41) is 0. The molecule has 0 saturated carbocycles. The summed E-state index contributed by atoms with van der Waals surface area (Å²) in [6.45, 7) is 3.91. The van der Waals surface area contributed by atoms with Gasteiger partial charge in [-0.05, 0) is 0 Å². The Morgan fingerprint density at radius 2 is 2.25 bits per heavy atom. The topological polar surface area (TPSA) is 17.1 Å². The van der Waals surface area contributed by atoms with Crippen molar-refractivity contribution in [2.24, 2.45) is 0 Å². The maximum atomic E-state index is 9.99. The van der Waals surface area contributed by atoms with E-state index in [2.05, 4.69) is 4.97 Å². The summed E-state index contributed by atoms with van der Waals surface area (Å²) >= 11 is 0.385. The molecular formula is C6H10OSe. The van der Waals surface area contributed by atoms with Gasteiger partial charge in [0.05, 0.1) is 0 Å². The summed E-state index contributed by atoms with van der Waals surface area (Å²) in [7, 11) is 0. The van der Waals surface area contributed by atoms with Crippen molar-refractivity contribution in [3.8, 4) is 0 Å². The Hall–Kier alpha value is -0.0705. The molecule has 0 bridgehead atoms. The van der Waals surface area contributed by atoms with Crippen LogP contribution in [0.5, 0.6) is 0 Å². The van der Waals surface area contributed by atoms with E-state index in [0.29, 0.717) is 15.0 Å². The Bertz CT molecular complexity index is 88.5. The van der Waals surface area contributed by atoms with Gasteiger partial charge in [0.1, 0.15) is 0 Å². The molecule has 0 aromatic heterocycles. The summed E-state index contributed by atoms with van der Waals surface area (Å²) in [5.74, 6) is 0. The number of hydrogen-bond acceptors (Lipinski definition) is 1. The van der Waals surface area contributed by atoms with E-state index in [0.717, 1.165) is 6.29 Å². The minimum atomic E-state index is 0.249. The van der Waals surface area contributed by atoms with Gasteiger partial charge in [0.25, 0.3) is 0 Å². The van der Waals surface area contributed by atoms with Crippen molar-refractivity contribution in [1.82, 2.24) is 0 Å². The second kappa shape index (κ2) is 5.07. The molecule has 0 rings (SSSR count). The van der Waals surface area contributed by atoms with Crippen molar-refractivity contribution in [3.63, 3.8) is 0 Å². The van der Waals surface area contributed by atoms with Crippen LogP contribution in [0.2, 0.25) is 4.82 Å². The van der Waals surface area contributed by atoms with Gasteiger partial charge in [-0.25, -0.2) is 0 Å². The monoisotopic (exact) mass is 178 g/mol. The Balaban J connectivity index is 3.23. The van der Waals surface area contributed by atoms with Crippen molar-refractivity contribution in [2.75, 3.05) is 0 Å². The van der Waals surface area contributed by atoms with Gasteiger partial charge in [0.15, 0.2) is 0 Å². The Kier molecular flexibility index (Phi) is 5.03. The number of hydrogen-bond donors (Lipinski definition) is 0. The molecule has 0 N–H and O–H groups in total. The van der Waals surface area contributed by atoms with Crippen LogP contribution in [0.4, 0.5) is 0 Å². The molecule has 0 fully saturated rings. The first kappa shape index (κ1) is 7.93. The maximum absolute atomic E-state index is 9.99. The average molecular weight is 177 g/mol. The van der Waals surface area contributed by atoms with Gasteiger partial charge in [-0.1, -0.05) is 0 Å². The van der Waals surface area contributed by atoms with Crippen molar-refractivity contribution < 1.29 is 4.79 Å². The zero-order valence-electron chi connectivity index (χ0n) is 5.13. The molecule has 2 heteroatoms. The fraction of sp³-hybridized carbons (Fsp3) is 0.500. The molecule has 1 unspecified atom stereocenters. The molecule has 0 radical (unpaired) electrons. The molecule has 0 aromatic rings. The summed E-state index contributed by atoms with van der Waals surface area (Å²) in [6.07, 6.45) is 2.99. The first-order valence-corrected chi connectivity index (χ1v) is 4.51. The first-order valence-electron chi connectivity index (χ1n) is 2.53. The van der Waals surface area contributed by atoms with Crippen LogP contribution in [0.1, 0.15) is 13.8 Å². The molecule has 0 aliphatic rings. The quantitative estimate of drug-likeness (QED) is 0.468. The van der Waals surface area contributed by atoms with E-state index >= 15 is 0 Å². The van der Waals surface area contributed by atoms with Gasteiger partial charge in [-0.15, -0.1) is 0 Å². The molecule has 0 saturated heterocycles. The average Bonchev–Trinajstić information content (AvgIpc) is 1.83. The van der Waals surface area contributed by atoms with Crippen LogP contribution in [0.3, 0.4) is 0 Å². The summed E-state index contributed by atoms with van der Waals surface area (Å²) in [4.78, 5) is 12.3. The van der Waals surface area contributed by atoms with E-state index in [-0.39, 0.29) is 4.82 Å². The van der Waals surface area contributed by atoms with Crippen molar-refractivity contribution >= 4 is 21.2 Å². The standard InChI is InChI=1S/C6H10OSe/c1-3-4-8-6(2)5-7/h3-6H,1-2H3/b4-3-. The van der Waals surface area contributed by atoms with E-state index in [4.69, 9.17) is 0 Å². The molecule has 0 aliphatic heterocycles. The van der Waals surface area contributed by atoms with Crippen LogP contribution < -0.4 is 0 Å². The van der Waals surface area contributed by atoms with Crippen molar-refractivity contribution in [2.45, 2.75) is 18.7 Å². The molecule has 1 nitrogen and oxygen atoms in total. The fourth-order valence-corrected chi connectivity index (χ4v) is 1.22. The van der Waals surface area contributed by atoms with E-state index < -0.39 is 0 Å². The summed E-state index contributed by atoms with van der Waals surface area (Å²) in [6, 6.07) is 0. The van der Waals surface area contributed by atoms with Gasteiger partial charge in [-0.2, -0.15) is 0 Å². The molecular weight excluding hydrogens is 167 g/mol. The molecule has 0 spiro atoms. The zero-order valence-corrected chi connectivity index (χ0v) is 6.84. The Morgan fingerprint density at radius 1 is 1.62 bits per heavy atom. The summed E-state index contributed by atoms with van der Waals surface area (Å²) < 4.78 is 0. The first-order chi connectivity index (χ1) is 3.81. The van der Waals surface area contributed by atoms with Crippen molar-refractivity contribution in [1.29, 1.82) is 0 Å². The number of rotatable bonds is 3. The SMILES string of the molecule is C/C=C\[Se]C(C)C=O. The van der Waals surface area contributed by atoms with Crippen molar-refractivity contribution in [3.05, 3.63) is 11.1 Å². The number of allylic oxidation sites excluding steroid dienone is 1. The molecule has 0 amide bonds. The Morgan fingerprint density at radius 3 is 2.62 bits per heavy atom. The summed E-state index contributed by atoms with van der Waals surface area (Å²) in [5.41, 5.74) is 0. The third-order valence-corrected chi connectivity index (χ3v) is 2.66. The van der Waals surface area contributed by atoms with Crippen LogP contribution in [-0.4, -0.2) is 21.2 Å².